The highest BCUT2D eigenvalue weighted by atomic mass is 19.1. The molecule has 3 aromatic carbocycles. The number of aromatic nitrogens is 2. The molecule has 6 rings (SSSR count). The molecule has 2 heterocycles. The minimum Gasteiger partial charge on any atom is -0.294 e. The van der Waals surface area contributed by atoms with E-state index in [1.54, 1.807) is 33.8 Å². The molecule has 0 radical (unpaired) electrons. The van der Waals surface area contributed by atoms with E-state index in [1.807, 2.05) is 50.4 Å². The number of carbonyl (C=O) groups is 2. The van der Waals surface area contributed by atoms with Gasteiger partial charge in [-0.15, -0.1) is 0 Å². The van der Waals surface area contributed by atoms with E-state index in [4.69, 9.17) is 5.10 Å². The smallest absolute Gasteiger partial charge is 0.232 e. The number of nitrogens with zero attached hydrogens (tertiary/aromatic N) is 3. The van der Waals surface area contributed by atoms with Crippen LogP contribution >= 0.6 is 0 Å². The first-order valence-electron chi connectivity index (χ1n) is 13.0. The Bertz CT molecular complexity index is 1600. The van der Waals surface area contributed by atoms with Crippen molar-refractivity contribution in [3.63, 3.8) is 0 Å². The van der Waals surface area contributed by atoms with Crippen LogP contribution in [0, 0.1) is 17.0 Å². The van der Waals surface area contributed by atoms with Crippen molar-refractivity contribution >= 4 is 17.4 Å². The van der Waals surface area contributed by atoms with Gasteiger partial charge in [-0.2, -0.15) is 5.10 Å². The second-order valence-electron chi connectivity index (χ2n) is 11.0. The summed E-state index contributed by atoms with van der Waals surface area (Å²) >= 11 is 0. The van der Waals surface area contributed by atoms with E-state index in [9.17, 15) is 18.4 Å². The van der Waals surface area contributed by atoms with E-state index in [-0.39, 0.29) is 29.3 Å². The number of carbonyl (C=O) groups excluding carboxylic acids is 2. The van der Waals surface area contributed by atoms with Crippen molar-refractivity contribution in [3.05, 3.63) is 114 Å². The highest BCUT2D eigenvalue weighted by Crippen LogP contribution is 2.49. The molecule has 0 saturated heterocycles. The van der Waals surface area contributed by atoms with Crippen LogP contribution in [0.2, 0.25) is 0 Å². The highest BCUT2D eigenvalue weighted by molar-refractivity contribution is 6.08. The van der Waals surface area contributed by atoms with Gasteiger partial charge in [-0.1, -0.05) is 32.0 Å². The topological polar surface area (TPSA) is 55.2 Å². The molecule has 5 nitrogen and oxygen atoms in total. The summed E-state index contributed by atoms with van der Waals surface area (Å²) in [6.45, 7) is 4.03. The summed E-state index contributed by atoms with van der Waals surface area (Å²) < 4.78 is 29.3. The summed E-state index contributed by atoms with van der Waals surface area (Å²) in [7, 11) is 0. The fraction of sp³-hybridized carbons (Fsp3) is 0.219. The third kappa shape index (κ3) is 4.58. The molecular formula is C32H27F2N3O2. The van der Waals surface area contributed by atoms with Crippen molar-refractivity contribution < 1.29 is 18.4 Å². The van der Waals surface area contributed by atoms with E-state index >= 15 is 0 Å². The van der Waals surface area contributed by atoms with E-state index in [0.29, 0.717) is 41.1 Å². The van der Waals surface area contributed by atoms with Gasteiger partial charge in [0.05, 0.1) is 11.4 Å². The lowest BCUT2D eigenvalue weighted by atomic mass is 9.69. The molecule has 0 saturated carbocycles. The minimum absolute atomic E-state index is 0.0108. The fourth-order valence-electron chi connectivity index (χ4n) is 5.76. The highest BCUT2D eigenvalue weighted by Gasteiger charge is 2.45. The maximum absolute atomic E-state index is 13.8. The van der Waals surface area contributed by atoms with Crippen LogP contribution in [0.3, 0.4) is 0 Å². The molecule has 0 fully saturated rings. The molecule has 1 amide bonds. The number of hydrogen-bond acceptors (Lipinski definition) is 3. The number of hydrogen-bond donors (Lipinski definition) is 0. The van der Waals surface area contributed by atoms with Gasteiger partial charge in [-0.25, -0.2) is 13.5 Å². The van der Waals surface area contributed by atoms with Gasteiger partial charge in [-0.3, -0.25) is 14.5 Å². The average Bonchev–Trinajstić information content (AvgIpc) is 3.35. The molecule has 1 aromatic heterocycles. The van der Waals surface area contributed by atoms with Crippen molar-refractivity contribution in [2.75, 3.05) is 4.90 Å². The molecule has 0 bridgehead atoms. The van der Waals surface area contributed by atoms with Gasteiger partial charge in [0.1, 0.15) is 11.6 Å². The average molecular weight is 524 g/mol. The Kier molecular flexibility index (Phi) is 6.02. The van der Waals surface area contributed by atoms with Crippen LogP contribution in [0.1, 0.15) is 44.6 Å². The summed E-state index contributed by atoms with van der Waals surface area (Å²) in [5.41, 5.74) is 4.29. The number of anilines is 1. The quantitative estimate of drug-likeness (QED) is 0.290. The Morgan fingerprint density at radius 3 is 2.13 bits per heavy atom. The number of benzene rings is 3. The Morgan fingerprint density at radius 2 is 1.46 bits per heavy atom. The third-order valence-electron chi connectivity index (χ3n) is 7.48. The Morgan fingerprint density at radius 1 is 0.821 bits per heavy atom. The SMILES string of the molecule is CC1(C)CC(=O)C2=C(C1)N(c1ccc(F)cc1)C(=O)CC2c1cn(-c2ccccc2)nc1-c1ccc(F)cc1. The maximum Gasteiger partial charge on any atom is 0.232 e. The van der Waals surface area contributed by atoms with Crippen molar-refractivity contribution in [1.82, 2.24) is 9.78 Å². The Labute approximate surface area is 225 Å². The lowest BCUT2D eigenvalue weighted by Gasteiger charge is -2.42. The number of allylic oxidation sites excluding steroid dienone is 2. The van der Waals surface area contributed by atoms with E-state index in [0.717, 1.165) is 11.3 Å². The van der Waals surface area contributed by atoms with Crippen molar-refractivity contribution in [1.29, 1.82) is 0 Å². The predicted molar refractivity (Wildman–Crippen MR) is 145 cm³/mol. The largest absolute Gasteiger partial charge is 0.294 e. The monoisotopic (exact) mass is 523 g/mol. The van der Waals surface area contributed by atoms with Crippen LogP contribution in [-0.4, -0.2) is 21.5 Å². The third-order valence-corrected chi connectivity index (χ3v) is 7.48. The number of ketones is 1. The van der Waals surface area contributed by atoms with Gasteiger partial charge in [-0.05, 0) is 72.5 Å². The summed E-state index contributed by atoms with van der Waals surface area (Å²) in [6, 6.07) is 21.4. The molecule has 0 N–H and O–H groups in total. The van der Waals surface area contributed by atoms with Crippen LogP contribution in [0.4, 0.5) is 14.5 Å². The van der Waals surface area contributed by atoms with Crippen LogP contribution in [0.5, 0.6) is 0 Å². The second-order valence-corrected chi connectivity index (χ2v) is 11.0. The van der Waals surface area contributed by atoms with Gasteiger partial charge in [0.15, 0.2) is 5.78 Å². The van der Waals surface area contributed by atoms with Gasteiger partial charge in [0.2, 0.25) is 5.91 Å². The Balaban J connectivity index is 1.56. The standard InChI is InChI=1S/C32H27F2N3O2/c1-32(2)17-27-30(28(38)18-32)25(16-29(39)37(27)24-14-12-22(34)13-15-24)26-19-36(23-6-4-3-5-7-23)35-31(26)20-8-10-21(33)11-9-20/h3-15,19,25H,16-18H2,1-2H3. The van der Waals surface area contributed by atoms with E-state index in [1.165, 1.54) is 24.3 Å². The Hall–Kier alpha value is -4.39. The normalized spacial score (nSPS) is 18.9. The molecule has 1 aliphatic carbocycles. The fourth-order valence-corrected chi connectivity index (χ4v) is 5.76. The molecule has 0 spiro atoms. The first-order chi connectivity index (χ1) is 18.7. The van der Waals surface area contributed by atoms with Crippen molar-refractivity contribution in [2.24, 2.45) is 5.41 Å². The zero-order valence-electron chi connectivity index (χ0n) is 21.7. The summed E-state index contributed by atoms with van der Waals surface area (Å²) in [5.74, 6) is -1.46. The lowest BCUT2D eigenvalue weighted by Crippen LogP contribution is -2.43. The maximum atomic E-state index is 13.8. The first-order valence-corrected chi connectivity index (χ1v) is 13.0. The molecule has 1 atom stereocenters. The molecule has 4 aromatic rings. The first kappa shape index (κ1) is 24.9. The molecule has 196 valence electrons. The number of Topliss-reactive ketones (excluding diaryl/α,β-unsaturated/α-hetero) is 1. The number of amides is 1. The molecule has 1 unspecified atom stereocenters. The molecule has 7 heteroatoms. The summed E-state index contributed by atoms with van der Waals surface area (Å²) in [4.78, 5) is 29.2. The van der Waals surface area contributed by atoms with Crippen molar-refractivity contribution in [3.8, 4) is 16.9 Å². The number of rotatable bonds is 4. The van der Waals surface area contributed by atoms with Crippen LogP contribution in [0.15, 0.2) is 96.3 Å². The summed E-state index contributed by atoms with van der Waals surface area (Å²) in [5, 5.41) is 4.85. The van der Waals surface area contributed by atoms with Gasteiger partial charge in [0.25, 0.3) is 0 Å². The molecule has 39 heavy (non-hydrogen) atoms. The zero-order chi connectivity index (χ0) is 27.3. The van der Waals surface area contributed by atoms with Crippen LogP contribution < -0.4 is 4.90 Å². The van der Waals surface area contributed by atoms with E-state index in [2.05, 4.69) is 0 Å². The van der Waals surface area contributed by atoms with Crippen molar-refractivity contribution in [2.45, 2.75) is 39.0 Å². The number of para-hydroxylation sites is 1. The zero-order valence-corrected chi connectivity index (χ0v) is 21.7. The van der Waals surface area contributed by atoms with Gasteiger partial charge in [0, 0.05) is 53.0 Å². The predicted octanol–water partition coefficient (Wildman–Crippen LogP) is 6.98. The number of halogens is 2. The van der Waals surface area contributed by atoms with E-state index < -0.39 is 11.7 Å². The van der Waals surface area contributed by atoms with Gasteiger partial charge >= 0.3 is 0 Å². The molecular weight excluding hydrogens is 496 g/mol. The van der Waals surface area contributed by atoms with Crippen LogP contribution in [-0.2, 0) is 9.59 Å². The lowest BCUT2D eigenvalue weighted by molar-refractivity contribution is -0.121. The summed E-state index contributed by atoms with van der Waals surface area (Å²) in [6.07, 6.45) is 2.80. The second kappa shape index (κ2) is 9.42. The van der Waals surface area contributed by atoms with Crippen LogP contribution in [0.25, 0.3) is 16.9 Å². The molecule has 1 aliphatic heterocycles. The van der Waals surface area contributed by atoms with Gasteiger partial charge < -0.3 is 0 Å². The molecule has 2 aliphatic rings. The minimum atomic E-state index is -0.523.